The molecule has 0 aliphatic carbocycles. The number of hydrazine groups is 1. The summed E-state index contributed by atoms with van der Waals surface area (Å²) in [6.07, 6.45) is 0. The predicted octanol–water partition coefficient (Wildman–Crippen LogP) is -1.74. The molecule has 11 heavy (non-hydrogen) atoms. The average Bonchev–Trinajstić information content (AvgIpc) is 1.93. The second kappa shape index (κ2) is 4.01. The van der Waals surface area contributed by atoms with Gasteiger partial charge in [0.25, 0.3) is 0 Å². The maximum absolute atomic E-state index is 10.2. The van der Waals surface area contributed by atoms with Crippen molar-refractivity contribution in [3.8, 4) is 0 Å². The standard InChI is InChI=1S/C5H13N3O2S/c1-7-2-4-8(5-3-7)6-11(9)10/h11H,2-5H2,1H3,(H,6,9,10). The summed E-state index contributed by atoms with van der Waals surface area (Å²) < 4.78 is 20.4. The Morgan fingerprint density at radius 3 is 2.18 bits per heavy atom. The van der Waals surface area contributed by atoms with E-state index in [1.165, 1.54) is 0 Å². The Balaban J connectivity index is 2.28. The van der Waals surface area contributed by atoms with E-state index in [-0.39, 0.29) is 0 Å². The van der Waals surface area contributed by atoms with E-state index in [9.17, 15) is 8.42 Å². The van der Waals surface area contributed by atoms with Gasteiger partial charge in [0.1, 0.15) is 0 Å². The van der Waals surface area contributed by atoms with E-state index in [0.29, 0.717) is 0 Å². The average molecular weight is 179 g/mol. The highest BCUT2D eigenvalue weighted by molar-refractivity contribution is 7.70. The Morgan fingerprint density at radius 1 is 1.18 bits per heavy atom. The van der Waals surface area contributed by atoms with Crippen molar-refractivity contribution in [2.24, 2.45) is 0 Å². The molecule has 0 unspecified atom stereocenters. The lowest BCUT2D eigenvalue weighted by Gasteiger charge is -2.30. The smallest absolute Gasteiger partial charge is 0.214 e. The van der Waals surface area contributed by atoms with Crippen molar-refractivity contribution in [3.05, 3.63) is 0 Å². The van der Waals surface area contributed by atoms with E-state index >= 15 is 0 Å². The molecular formula is C5H13N3O2S. The predicted molar refractivity (Wildman–Crippen MR) is 42.5 cm³/mol. The fraction of sp³-hybridized carbons (Fsp3) is 1.00. The van der Waals surface area contributed by atoms with Crippen molar-refractivity contribution >= 4 is 10.9 Å². The van der Waals surface area contributed by atoms with Gasteiger partial charge < -0.3 is 4.90 Å². The number of nitrogens with zero attached hydrogens (tertiary/aromatic N) is 2. The van der Waals surface area contributed by atoms with Gasteiger partial charge in [-0.15, -0.1) is 0 Å². The molecule has 66 valence electrons. The number of hydrogen-bond donors (Lipinski definition) is 2. The van der Waals surface area contributed by atoms with E-state index in [2.05, 4.69) is 9.73 Å². The summed E-state index contributed by atoms with van der Waals surface area (Å²) in [4.78, 5) is 4.53. The van der Waals surface area contributed by atoms with Crippen molar-refractivity contribution in [2.45, 2.75) is 0 Å². The minimum Gasteiger partial charge on any atom is -0.304 e. The quantitative estimate of drug-likeness (QED) is 0.494. The van der Waals surface area contributed by atoms with E-state index in [0.717, 1.165) is 26.2 Å². The molecule has 0 saturated carbocycles. The lowest BCUT2D eigenvalue weighted by atomic mass is 10.4. The molecule has 1 saturated heterocycles. The first kappa shape index (κ1) is 8.92. The highest BCUT2D eigenvalue weighted by Gasteiger charge is 2.12. The van der Waals surface area contributed by atoms with E-state index in [1.54, 1.807) is 5.01 Å². The molecule has 1 aliphatic rings. The zero-order valence-electron chi connectivity index (χ0n) is 6.49. The van der Waals surface area contributed by atoms with Crippen LogP contribution in [0.25, 0.3) is 0 Å². The Kier molecular flexibility index (Phi) is 3.25. The summed E-state index contributed by atoms with van der Waals surface area (Å²) in [5.41, 5.74) is 0. The molecule has 0 amide bonds. The number of nitrogens with one attached hydrogen (secondary N) is 1. The van der Waals surface area contributed by atoms with Crippen LogP contribution < -0.4 is 4.83 Å². The molecule has 1 rings (SSSR count). The van der Waals surface area contributed by atoms with Gasteiger partial charge in [-0.1, -0.05) is 0 Å². The highest BCUT2D eigenvalue weighted by atomic mass is 32.2. The molecule has 1 N–H and O–H groups in total. The summed E-state index contributed by atoms with van der Waals surface area (Å²) in [6.45, 7) is 3.35. The van der Waals surface area contributed by atoms with Gasteiger partial charge in [-0.3, -0.25) is 0 Å². The van der Waals surface area contributed by atoms with Crippen LogP contribution in [0.3, 0.4) is 0 Å². The molecule has 1 aliphatic heterocycles. The third kappa shape index (κ3) is 3.15. The van der Waals surface area contributed by atoms with E-state index in [4.69, 9.17) is 0 Å². The first-order valence-corrected chi connectivity index (χ1v) is 4.70. The molecule has 0 atom stereocenters. The maximum Gasteiger partial charge on any atom is 0.214 e. The molecule has 0 aromatic rings. The van der Waals surface area contributed by atoms with E-state index in [1.807, 2.05) is 7.05 Å². The minimum atomic E-state index is -2.48. The zero-order chi connectivity index (χ0) is 8.27. The molecule has 0 bridgehead atoms. The summed E-state index contributed by atoms with van der Waals surface area (Å²) in [6, 6.07) is 0. The normalized spacial score (nSPS) is 22.7. The third-order valence-electron chi connectivity index (χ3n) is 1.73. The lowest BCUT2D eigenvalue weighted by molar-refractivity contribution is 0.136. The van der Waals surface area contributed by atoms with Crippen LogP contribution in [-0.2, 0) is 10.9 Å². The molecule has 0 radical (unpaired) electrons. The Bertz CT molecular complexity index is 178. The van der Waals surface area contributed by atoms with Gasteiger partial charge >= 0.3 is 0 Å². The van der Waals surface area contributed by atoms with Crippen LogP contribution in [0.1, 0.15) is 0 Å². The number of thiol groups is 1. The first-order chi connectivity index (χ1) is 5.18. The van der Waals surface area contributed by atoms with Crippen LogP contribution in [0, 0.1) is 0 Å². The van der Waals surface area contributed by atoms with Gasteiger partial charge in [-0.2, -0.15) is 4.83 Å². The number of piperazine rings is 1. The molecular weight excluding hydrogens is 166 g/mol. The molecule has 0 aromatic carbocycles. The summed E-state index contributed by atoms with van der Waals surface area (Å²) in [7, 11) is -0.458. The van der Waals surface area contributed by atoms with Crippen LogP contribution >= 0.6 is 0 Å². The number of rotatable bonds is 2. The minimum absolute atomic E-state index is 0.764. The van der Waals surface area contributed by atoms with Gasteiger partial charge in [-0.25, -0.2) is 13.4 Å². The first-order valence-electron chi connectivity index (χ1n) is 3.52. The van der Waals surface area contributed by atoms with Crippen LogP contribution in [-0.4, -0.2) is 51.6 Å². The molecule has 1 heterocycles. The van der Waals surface area contributed by atoms with Crippen LogP contribution in [0.5, 0.6) is 0 Å². The number of likely N-dealkylation sites (N-methyl/N-ethyl adjacent to an activating group) is 1. The van der Waals surface area contributed by atoms with Crippen molar-refractivity contribution in [1.29, 1.82) is 0 Å². The van der Waals surface area contributed by atoms with Gasteiger partial charge in [-0.05, 0) is 7.05 Å². The van der Waals surface area contributed by atoms with Gasteiger partial charge in [0.15, 0.2) is 0 Å². The van der Waals surface area contributed by atoms with Gasteiger partial charge in [0.2, 0.25) is 10.9 Å². The maximum atomic E-state index is 10.2. The van der Waals surface area contributed by atoms with Crippen LogP contribution in [0.15, 0.2) is 0 Å². The molecule has 5 nitrogen and oxygen atoms in total. The van der Waals surface area contributed by atoms with E-state index < -0.39 is 10.9 Å². The zero-order valence-corrected chi connectivity index (χ0v) is 7.38. The SMILES string of the molecule is CN1CCN(N[SH](=O)=O)CC1. The summed E-state index contributed by atoms with van der Waals surface area (Å²) in [5.74, 6) is 0. The second-order valence-corrected chi connectivity index (χ2v) is 3.36. The van der Waals surface area contributed by atoms with Crippen LogP contribution in [0.2, 0.25) is 0 Å². The Labute approximate surface area is 68.0 Å². The lowest BCUT2D eigenvalue weighted by Crippen LogP contribution is -2.50. The van der Waals surface area contributed by atoms with Crippen LogP contribution in [0.4, 0.5) is 0 Å². The fourth-order valence-corrected chi connectivity index (χ4v) is 1.45. The van der Waals surface area contributed by atoms with Crippen molar-refractivity contribution < 1.29 is 8.42 Å². The Hall–Kier alpha value is -0.170. The molecule has 6 heteroatoms. The summed E-state index contributed by atoms with van der Waals surface area (Å²) >= 11 is 0. The fourth-order valence-electron chi connectivity index (χ4n) is 1.02. The molecule has 0 aromatic heterocycles. The molecule has 1 fully saturated rings. The highest BCUT2D eigenvalue weighted by Crippen LogP contribution is 1.94. The van der Waals surface area contributed by atoms with Crippen molar-refractivity contribution in [3.63, 3.8) is 0 Å². The third-order valence-corrected chi connectivity index (χ3v) is 2.17. The van der Waals surface area contributed by atoms with Gasteiger partial charge in [0.05, 0.1) is 0 Å². The second-order valence-electron chi connectivity index (χ2n) is 2.65. The van der Waals surface area contributed by atoms with Crippen molar-refractivity contribution in [2.75, 3.05) is 33.2 Å². The molecule has 0 spiro atoms. The van der Waals surface area contributed by atoms with Gasteiger partial charge in [0, 0.05) is 26.2 Å². The topological polar surface area (TPSA) is 52.6 Å². The monoisotopic (exact) mass is 179 g/mol. The number of hydrogen-bond acceptors (Lipinski definition) is 4. The largest absolute Gasteiger partial charge is 0.304 e. The Morgan fingerprint density at radius 2 is 1.73 bits per heavy atom. The summed E-state index contributed by atoms with van der Waals surface area (Å²) in [5, 5.41) is 1.71. The van der Waals surface area contributed by atoms with Crippen molar-refractivity contribution in [1.82, 2.24) is 14.7 Å².